The number of likely N-dealkylation sites (tertiary alicyclic amines) is 1. The Morgan fingerprint density at radius 2 is 1.61 bits per heavy atom. The van der Waals surface area contributed by atoms with E-state index >= 15 is 4.39 Å². The highest BCUT2D eigenvalue weighted by molar-refractivity contribution is 5.72. The Hall–Kier alpha value is -3.98. The molecular formula is C32H37FN6O2. The van der Waals surface area contributed by atoms with E-state index in [9.17, 15) is 4.79 Å². The Morgan fingerprint density at radius 1 is 0.902 bits per heavy atom. The zero-order valence-corrected chi connectivity index (χ0v) is 23.8. The molecule has 2 aromatic carbocycles. The number of piperidine rings is 1. The minimum atomic E-state index is -0.575. The van der Waals surface area contributed by atoms with Crippen LogP contribution < -0.4 is 5.32 Å². The zero-order valence-electron chi connectivity index (χ0n) is 23.8. The summed E-state index contributed by atoms with van der Waals surface area (Å²) in [6.07, 6.45) is 8.11. The molecule has 4 aromatic rings. The molecular weight excluding hydrogens is 519 g/mol. The van der Waals surface area contributed by atoms with Gasteiger partial charge in [0.1, 0.15) is 23.1 Å². The second-order valence-electron chi connectivity index (χ2n) is 12.0. The van der Waals surface area contributed by atoms with Gasteiger partial charge in [0.25, 0.3) is 0 Å². The lowest BCUT2D eigenvalue weighted by Gasteiger charge is -2.35. The van der Waals surface area contributed by atoms with Crippen molar-refractivity contribution in [1.82, 2.24) is 30.2 Å². The van der Waals surface area contributed by atoms with E-state index in [1.807, 2.05) is 57.3 Å². The van der Waals surface area contributed by atoms with Crippen molar-refractivity contribution >= 4 is 6.09 Å². The van der Waals surface area contributed by atoms with Gasteiger partial charge in [-0.05, 0) is 88.2 Å². The van der Waals surface area contributed by atoms with Crippen molar-refractivity contribution in [3.05, 3.63) is 72.3 Å². The van der Waals surface area contributed by atoms with Gasteiger partial charge in [-0.3, -0.25) is 4.90 Å². The summed E-state index contributed by atoms with van der Waals surface area (Å²) in [7, 11) is 0. The summed E-state index contributed by atoms with van der Waals surface area (Å²) in [5, 5.41) is 3.47. The van der Waals surface area contributed by atoms with Crippen molar-refractivity contribution < 1.29 is 13.9 Å². The van der Waals surface area contributed by atoms with Gasteiger partial charge in [-0.2, -0.15) is 0 Å². The number of hydrogen-bond acceptors (Lipinski definition) is 5. The Kier molecular flexibility index (Phi) is 7.38. The van der Waals surface area contributed by atoms with Crippen molar-refractivity contribution in [2.24, 2.45) is 0 Å². The number of amides is 1. The summed E-state index contributed by atoms with van der Waals surface area (Å²) in [4.78, 5) is 30.4. The maximum Gasteiger partial charge on any atom is 0.410 e. The molecule has 2 atom stereocenters. The molecule has 9 heteroatoms. The SMILES string of the molecule is CC(C)(C)OC(=O)N1CCCC[C@H]1c1ncc(-c2ccc(-c3ccc(-c4cnc([C@@H]5CCCN5)[nH]4)cc3)cc2F)[nH]1. The van der Waals surface area contributed by atoms with Crippen LogP contribution in [0.2, 0.25) is 0 Å². The minimum Gasteiger partial charge on any atom is -0.444 e. The van der Waals surface area contributed by atoms with E-state index in [0.717, 1.165) is 60.4 Å². The van der Waals surface area contributed by atoms with Crippen LogP contribution >= 0.6 is 0 Å². The molecule has 41 heavy (non-hydrogen) atoms. The highest BCUT2D eigenvalue weighted by Gasteiger charge is 2.33. The number of benzene rings is 2. The van der Waals surface area contributed by atoms with Crippen LogP contribution in [0.15, 0.2) is 54.9 Å². The molecule has 0 aliphatic carbocycles. The molecule has 0 unspecified atom stereocenters. The van der Waals surface area contributed by atoms with Gasteiger partial charge in [0, 0.05) is 12.1 Å². The van der Waals surface area contributed by atoms with Gasteiger partial charge >= 0.3 is 6.09 Å². The van der Waals surface area contributed by atoms with E-state index in [2.05, 4.69) is 25.3 Å². The summed E-state index contributed by atoms with van der Waals surface area (Å²) in [5.74, 6) is 1.29. The number of imidazole rings is 2. The predicted molar refractivity (Wildman–Crippen MR) is 157 cm³/mol. The van der Waals surface area contributed by atoms with E-state index in [1.165, 1.54) is 6.42 Å². The topological polar surface area (TPSA) is 98.9 Å². The number of hydrogen-bond donors (Lipinski definition) is 3. The predicted octanol–water partition coefficient (Wildman–Crippen LogP) is 7.16. The standard InChI is InChI=1S/C32H37FN6O2/c1-32(2,3)41-31(40)39-16-5-4-8-28(39)30-36-19-27(38-30)23-14-13-22(17-24(23)33)20-9-11-21(12-10-20)26-18-35-29(37-26)25-7-6-15-34-25/h9-14,17-19,25,28,34H,4-8,15-16H2,1-3H3,(H,35,37)(H,36,38)/t25-,28-/m0/s1. The average molecular weight is 557 g/mol. The lowest BCUT2D eigenvalue weighted by Crippen LogP contribution is -2.42. The van der Waals surface area contributed by atoms with Gasteiger partial charge in [-0.1, -0.05) is 30.3 Å². The second kappa shape index (κ2) is 11.1. The molecule has 8 nitrogen and oxygen atoms in total. The molecule has 3 N–H and O–H groups in total. The van der Waals surface area contributed by atoms with Gasteiger partial charge in [-0.25, -0.2) is 19.2 Å². The van der Waals surface area contributed by atoms with Gasteiger partial charge in [0.2, 0.25) is 0 Å². The van der Waals surface area contributed by atoms with Crippen LogP contribution in [0.4, 0.5) is 9.18 Å². The number of H-pyrrole nitrogens is 2. The maximum atomic E-state index is 15.4. The number of nitrogens with one attached hydrogen (secondary N) is 3. The molecule has 2 aliphatic rings. The van der Waals surface area contributed by atoms with Gasteiger partial charge in [-0.15, -0.1) is 0 Å². The molecule has 2 fully saturated rings. The van der Waals surface area contributed by atoms with E-state index < -0.39 is 5.60 Å². The Labute approximate surface area is 239 Å². The Balaban J connectivity index is 1.17. The van der Waals surface area contributed by atoms with Gasteiger partial charge < -0.3 is 20.0 Å². The molecule has 0 bridgehead atoms. The van der Waals surface area contributed by atoms with Crippen molar-refractivity contribution in [3.63, 3.8) is 0 Å². The van der Waals surface area contributed by atoms with Crippen LogP contribution in [0.25, 0.3) is 33.6 Å². The molecule has 6 rings (SSSR count). The number of carbonyl (C=O) groups excluding carboxylic acids is 1. The average Bonchev–Trinajstić information content (AvgIpc) is 3.74. The maximum absolute atomic E-state index is 15.4. The van der Waals surface area contributed by atoms with E-state index in [-0.39, 0.29) is 18.0 Å². The zero-order chi connectivity index (χ0) is 28.6. The molecule has 214 valence electrons. The number of aromatic nitrogens is 4. The normalized spacial score (nSPS) is 19.5. The Bertz CT molecular complexity index is 1510. The van der Waals surface area contributed by atoms with Gasteiger partial charge in [0.15, 0.2) is 0 Å². The molecule has 0 radical (unpaired) electrons. The quantitative estimate of drug-likeness (QED) is 0.242. The van der Waals surface area contributed by atoms with Crippen LogP contribution in [-0.4, -0.2) is 49.6 Å². The van der Waals surface area contributed by atoms with Gasteiger partial charge in [0.05, 0.1) is 35.9 Å². The van der Waals surface area contributed by atoms with Crippen molar-refractivity contribution in [2.45, 2.75) is 70.6 Å². The number of ether oxygens (including phenoxy) is 1. The first-order valence-electron chi connectivity index (χ1n) is 14.5. The molecule has 2 aromatic heterocycles. The van der Waals surface area contributed by atoms with Crippen LogP contribution in [0.3, 0.4) is 0 Å². The summed E-state index contributed by atoms with van der Waals surface area (Å²) in [6, 6.07) is 13.4. The fraction of sp³-hybridized carbons (Fsp3) is 0.406. The number of carbonyl (C=O) groups is 1. The van der Waals surface area contributed by atoms with E-state index in [4.69, 9.17) is 4.74 Å². The van der Waals surface area contributed by atoms with Crippen molar-refractivity contribution in [3.8, 4) is 33.6 Å². The van der Waals surface area contributed by atoms with Crippen LogP contribution in [-0.2, 0) is 4.74 Å². The van der Waals surface area contributed by atoms with E-state index in [1.54, 1.807) is 23.2 Å². The number of aromatic amines is 2. The van der Waals surface area contributed by atoms with Crippen LogP contribution in [0.1, 0.15) is 76.6 Å². The third-order valence-electron chi connectivity index (χ3n) is 7.82. The molecule has 2 saturated heterocycles. The highest BCUT2D eigenvalue weighted by Crippen LogP contribution is 2.34. The largest absolute Gasteiger partial charge is 0.444 e. The fourth-order valence-electron chi connectivity index (χ4n) is 5.73. The molecule has 0 spiro atoms. The lowest BCUT2D eigenvalue weighted by molar-refractivity contribution is 0.00854. The molecule has 4 heterocycles. The summed E-state index contributed by atoms with van der Waals surface area (Å²) in [6.45, 7) is 7.22. The smallest absolute Gasteiger partial charge is 0.410 e. The first-order valence-corrected chi connectivity index (χ1v) is 14.5. The first-order chi connectivity index (χ1) is 19.7. The third kappa shape index (κ3) is 5.91. The number of rotatable bonds is 5. The Morgan fingerprint density at radius 3 is 2.34 bits per heavy atom. The molecule has 0 saturated carbocycles. The monoisotopic (exact) mass is 556 g/mol. The molecule has 1 amide bonds. The van der Waals surface area contributed by atoms with Crippen LogP contribution in [0.5, 0.6) is 0 Å². The minimum absolute atomic E-state index is 0.228. The fourth-order valence-corrected chi connectivity index (χ4v) is 5.73. The van der Waals surface area contributed by atoms with Crippen molar-refractivity contribution in [2.75, 3.05) is 13.1 Å². The first kappa shape index (κ1) is 27.2. The van der Waals surface area contributed by atoms with E-state index in [0.29, 0.717) is 29.7 Å². The summed E-state index contributed by atoms with van der Waals surface area (Å²) in [5.41, 5.74) is 4.18. The second-order valence-corrected chi connectivity index (χ2v) is 12.0. The lowest BCUT2D eigenvalue weighted by atomic mass is 10.0. The summed E-state index contributed by atoms with van der Waals surface area (Å²) >= 11 is 0. The van der Waals surface area contributed by atoms with Crippen molar-refractivity contribution in [1.29, 1.82) is 0 Å². The third-order valence-corrected chi connectivity index (χ3v) is 7.82. The number of halogens is 1. The molecule has 2 aliphatic heterocycles. The van der Waals surface area contributed by atoms with Crippen LogP contribution in [0, 0.1) is 5.82 Å². The highest BCUT2D eigenvalue weighted by atomic mass is 19.1. The number of nitrogens with zero attached hydrogens (tertiary/aromatic N) is 3. The summed E-state index contributed by atoms with van der Waals surface area (Å²) < 4.78 is 21.0.